The van der Waals surface area contributed by atoms with Gasteiger partial charge in [-0.15, -0.1) is 0 Å². The third-order valence-corrected chi connectivity index (χ3v) is 4.83. The molecule has 1 heterocycles. The smallest absolute Gasteiger partial charge is 0.164 e. The van der Waals surface area contributed by atoms with E-state index in [-0.39, 0.29) is 11.9 Å². The minimum Gasteiger partial charge on any atom is -0.491 e. The predicted molar refractivity (Wildman–Crippen MR) is 83.8 cm³/mol. The average Bonchev–Trinajstić information content (AvgIpc) is 3.04. The molecule has 1 aliphatic carbocycles. The molecule has 0 aromatic heterocycles. The van der Waals surface area contributed by atoms with Crippen LogP contribution in [-0.4, -0.2) is 24.5 Å². The molecule has 2 fully saturated rings. The van der Waals surface area contributed by atoms with Crippen molar-refractivity contribution < 1.29 is 9.53 Å². The molecule has 1 aromatic rings. The fourth-order valence-electron chi connectivity index (χ4n) is 3.84. The number of benzene rings is 1. The van der Waals surface area contributed by atoms with Gasteiger partial charge in [-0.3, -0.25) is 4.79 Å². The van der Waals surface area contributed by atoms with Crippen molar-refractivity contribution in [2.24, 2.45) is 11.8 Å². The van der Waals surface area contributed by atoms with E-state index in [1.807, 2.05) is 38.1 Å². The average molecular weight is 287 g/mol. The van der Waals surface area contributed by atoms with Crippen molar-refractivity contribution in [2.75, 3.05) is 6.54 Å². The lowest BCUT2D eigenvalue weighted by molar-refractivity contribution is 0.0963. The number of ether oxygens (including phenoxy) is 1. The van der Waals surface area contributed by atoms with Gasteiger partial charge < -0.3 is 10.1 Å². The summed E-state index contributed by atoms with van der Waals surface area (Å²) in [6.45, 7) is 5.11. The quantitative estimate of drug-likeness (QED) is 0.843. The molecule has 0 bridgehead atoms. The van der Waals surface area contributed by atoms with Crippen molar-refractivity contribution >= 4 is 5.78 Å². The minimum absolute atomic E-state index is 0.161. The number of Topliss-reactive ketones (excluding diaryl/α,β-unsaturated/α-hetero) is 1. The zero-order valence-electron chi connectivity index (χ0n) is 13.0. The van der Waals surface area contributed by atoms with E-state index in [9.17, 15) is 4.79 Å². The molecule has 1 aliphatic heterocycles. The minimum atomic E-state index is 0.161. The van der Waals surface area contributed by atoms with Crippen LogP contribution in [0.4, 0.5) is 0 Å². The fourth-order valence-corrected chi connectivity index (χ4v) is 3.84. The lowest BCUT2D eigenvalue weighted by Crippen LogP contribution is -2.29. The first-order chi connectivity index (χ1) is 10.1. The van der Waals surface area contributed by atoms with E-state index in [1.54, 1.807) is 0 Å². The number of rotatable bonds is 5. The second-order valence-corrected chi connectivity index (χ2v) is 6.69. The van der Waals surface area contributed by atoms with Gasteiger partial charge in [-0.05, 0) is 69.3 Å². The molecule has 3 rings (SSSR count). The standard InChI is InChI=1S/C18H25NO2/c1-12(2)21-15-8-6-13(7-9-15)18(20)10-17-16-5-3-4-14(16)11-19-17/h6-9,12,14,16-17,19H,3-5,10-11H2,1-2H3. The molecular formula is C18H25NO2. The van der Waals surface area contributed by atoms with Crippen molar-refractivity contribution in [3.8, 4) is 5.75 Å². The Balaban J connectivity index is 1.60. The van der Waals surface area contributed by atoms with Gasteiger partial charge in [-0.25, -0.2) is 0 Å². The Hall–Kier alpha value is -1.35. The van der Waals surface area contributed by atoms with Crippen LogP contribution in [0.25, 0.3) is 0 Å². The summed E-state index contributed by atoms with van der Waals surface area (Å²) in [6.07, 6.45) is 4.75. The van der Waals surface area contributed by atoms with Gasteiger partial charge in [0.25, 0.3) is 0 Å². The maximum atomic E-state index is 12.4. The Kier molecular flexibility index (Phi) is 4.29. The lowest BCUT2D eigenvalue weighted by Gasteiger charge is -2.17. The van der Waals surface area contributed by atoms with Crippen LogP contribution < -0.4 is 10.1 Å². The Labute approximate surface area is 127 Å². The van der Waals surface area contributed by atoms with Crippen molar-refractivity contribution in [3.63, 3.8) is 0 Å². The Morgan fingerprint density at radius 1 is 1.29 bits per heavy atom. The van der Waals surface area contributed by atoms with Crippen molar-refractivity contribution in [3.05, 3.63) is 29.8 Å². The van der Waals surface area contributed by atoms with E-state index in [0.29, 0.717) is 12.5 Å². The maximum absolute atomic E-state index is 12.4. The van der Waals surface area contributed by atoms with Crippen LogP contribution in [-0.2, 0) is 0 Å². The van der Waals surface area contributed by atoms with Crippen molar-refractivity contribution in [2.45, 2.75) is 51.7 Å². The summed E-state index contributed by atoms with van der Waals surface area (Å²) in [7, 11) is 0. The summed E-state index contributed by atoms with van der Waals surface area (Å²) in [5.41, 5.74) is 0.800. The normalized spacial score (nSPS) is 27.9. The summed E-state index contributed by atoms with van der Waals surface area (Å²) in [5.74, 6) is 2.61. The van der Waals surface area contributed by atoms with Gasteiger partial charge >= 0.3 is 0 Å². The summed E-state index contributed by atoms with van der Waals surface area (Å²) in [5, 5.41) is 3.55. The van der Waals surface area contributed by atoms with Crippen molar-refractivity contribution in [1.82, 2.24) is 5.32 Å². The van der Waals surface area contributed by atoms with E-state index in [0.717, 1.165) is 29.7 Å². The van der Waals surface area contributed by atoms with Crippen LogP contribution in [0.1, 0.15) is 49.9 Å². The number of fused-ring (bicyclic) bond motifs is 1. The SMILES string of the molecule is CC(C)Oc1ccc(C(=O)CC2NCC3CCCC32)cc1. The molecule has 0 radical (unpaired) electrons. The summed E-state index contributed by atoms with van der Waals surface area (Å²) in [6, 6.07) is 7.96. The van der Waals surface area contributed by atoms with Crippen molar-refractivity contribution in [1.29, 1.82) is 0 Å². The topological polar surface area (TPSA) is 38.3 Å². The maximum Gasteiger partial charge on any atom is 0.164 e. The molecule has 3 unspecified atom stereocenters. The molecule has 1 N–H and O–H groups in total. The van der Waals surface area contributed by atoms with Gasteiger partial charge in [0.15, 0.2) is 5.78 Å². The first kappa shape index (κ1) is 14.6. The van der Waals surface area contributed by atoms with Gasteiger partial charge in [-0.2, -0.15) is 0 Å². The monoisotopic (exact) mass is 287 g/mol. The highest BCUT2D eigenvalue weighted by atomic mass is 16.5. The van der Waals surface area contributed by atoms with Gasteiger partial charge in [0.05, 0.1) is 6.10 Å². The molecule has 0 spiro atoms. The summed E-state index contributed by atoms with van der Waals surface area (Å²) < 4.78 is 5.62. The lowest BCUT2D eigenvalue weighted by atomic mass is 9.90. The number of ketones is 1. The number of carbonyl (C=O) groups excluding carboxylic acids is 1. The van der Waals surface area contributed by atoms with Gasteiger partial charge in [0.1, 0.15) is 5.75 Å². The molecular weight excluding hydrogens is 262 g/mol. The fraction of sp³-hybridized carbons (Fsp3) is 0.611. The van der Waals surface area contributed by atoms with Gasteiger partial charge in [0, 0.05) is 18.0 Å². The number of nitrogens with one attached hydrogen (secondary N) is 1. The first-order valence-electron chi connectivity index (χ1n) is 8.17. The largest absolute Gasteiger partial charge is 0.491 e. The number of carbonyl (C=O) groups is 1. The Morgan fingerprint density at radius 2 is 2.05 bits per heavy atom. The molecule has 1 saturated carbocycles. The molecule has 1 aromatic carbocycles. The number of hydrogen-bond acceptors (Lipinski definition) is 3. The zero-order chi connectivity index (χ0) is 14.8. The Bertz CT molecular complexity index is 494. The van der Waals surface area contributed by atoms with E-state index in [4.69, 9.17) is 4.74 Å². The molecule has 3 atom stereocenters. The molecule has 21 heavy (non-hydrogen) atoms. The summed E-state index contributed by atoms with van der Waals surface area (Å²) >= 11 is 0. The molecule has 3 nitrogen and oxygen atoms in total. The van der Waals surface area contributed by atoms with Gasteiger partial charge in [-0.1, -0.05) is 6.42 Å². The molecule has 0 amide bonds. The third kappa shape index (κ3) is 3.29. The number of hydrogen-bond donors (Lipinski definition) is 1. The summed E-state index contributed by atoms with van der Waals surface area (Å²) in [4.78, 5) is 12.4. The van der Waals surface area contributed by atoms with E-state index < -0.39 is 0 Å². The Morgan fingerprint density at radius 3 is 2.76 bits per heavy atom. The van der Waals surface area contributed by atoms with E-state index >= 15 is 0 Å². The molecule has 114 valence electrons. The molecule has 1 saturated heterocycles. The van der Waals surface area contributed by atoms with Crippen LogP contribution in [0.2, 0.25) is 0 Å². The second kappa shape index (κ2) is 6.18. The predicted octanol–water partition coefficient (Wildman–Crippen LogP) is 3.43. The van der Waals surface area contributed by atoms with E-state index in [1.165, 1.54) is 19.3 Å². The van der Waals surface area contributed by atoms with Crippen LogP contribution in [0.5, 0.6) is 5.75 Å². The van der Waals surface area contributed by atoms with Crippen LogP contribution in [0.15, 0.2) is 24.3 Å². The molecule has 2 aliphatic rings. The molecule has 3 heteroatoms. The van der Waals surface area contributed by atoms with Crippen LogP contribution in [0, 0.1) is 11.8 Å². The zero-order valence-corrected chi connectivity index (χ0v) is 13.0. The third-order valence-electron chi connectivity index (χ3n) is 4.83. The highest BCUT2D eigenvalue weighted by Gasteiger charge is 2.39. The van der Waals surface area contributed by atoms with Gasteiger partial charge in [0.2, 0.25) is 0 Å². The highest BCUT2D eigenvalue weighted by molar-refractivity contribution is 5.96. The van der Waals surface area contributed by atoms with Crippen LogP contribution >= 0.6 is 0 Å². The van der Waals surface area contributed by atoms with Crippen LogP contribution in [0.3, 0.4) is 0 Å². The first-order valence-corrected chi connectivity index (χ1v) is 8.17. The second-order valence-electron chi connectivity index (χ2n) is 6.69. The highest BCUT2D eigenvalue weighted by Crippen LogP contribution is 2.39. The van der Waals surface area contributed by atoms with E-state index in [2.05, 4.69) is 5.32 Å².